The molecule has 2 amide bonds. The van der Waals surface area contributed by atoms with Crippen LogP contribution in [0, 0.1) is 5.92 Å². The third kappa shape index (κ3) is 4.31. The molecule has 0 fully saturated rings. The second-order valence-electron chi connectivity index (χ2n) is 5.46. The topological polar surface area (TPSA) is 86.7 Å². The summed E-state index contributed by atoms with van der Waals surface area (Å²) >= 11 is 0. The van der Waals surface area contributed by atoms with Crippen molar-refractivity contribution in [3.63, 3.8) is 0 Å². The van der Waals surface area contributed by atoms with Gasteiger partial charge in [-0.1, -0.05) is 26.3 Å². The molecule has 0 bridgehead atoms. The van der Waals surface area contributed by atoms with Gasteiger partial charge in [0.2, 0.25) is 0 Å². The lowest BCUT2D eigenvalue weighted by Crippen LogP contribution is -2.45. The smallest absolute Gasteiger partial charge is 0.326 e. The van der Waals surface area contributed by atoms with Gasteiger partial charge in [0.15, 0.2) is 0 Å². The standard InChI is InChI=1S/C16H22N2O4/c1-5-10(2)13(16(21)22)17-14(19)11-7-6-8-12(9-11)15(20)18(3)4/h6-10,13H,5H2,1-4H3,(H,17,19)(H,21,22). The Morgan fingerprint density at radius 1 is 1.23 bits per heavy atom. The highest BCUT2D eigenvalue weighted by atomic mass is 16.4. The van der Waals surface area contributed by atoms with Crippen molar-refractivity contribution in [2.45, 2.75) is 26.3 Å². The van der Waals surface area contributed by atoms with Crippen molar-refractivity contribution in [2.24, 2.45) is 5.92 Å². The number of carbonyl (C=O) groups is 3. The normalized spacial score (nSPS) is 13.1. The van der Waals surface area contributed by atoms with Crippen LogP contribution in [0.1, 0.15) is 41.0 Å². The van der Waals surface area contributed by atoms with E-state index in [1.165, 1.54) is 11.0 Å². The molecule has 1 aromatic rings. The molecular weight excluding hydrogens is 284 g/mol. The highest BCUT2D eigenvalue weighted by molar-refractivity contribution is 6.00. The van der Waals surface area contributed by atoms with E-state index in [1.807, 2.05) is 6.92 Å². The van der Waals surface area contributed by atoms with Crippen LogP contribution in [0.15, 0.2) is 24.3 Å². The number of nitrogens with zero attached hydrogens (tertiary/aromatic N) is 1. The Morgan fingerprint density at radius 3 is 2.32 bits per heavy atom. The number of carboxylic acids is 1. The van der Waals surface area contributed by atoms with Gasteiger partial charge in [-0.2, -0.15) is 0 Å². The Morgan fingerprint density at radius 2 is 1.82 bits per heavy atom. The minimum absolute atomic E-state index is 0.187. The molecule has 0 aromatic heterocycles. The first-order valence-corrected chi connectivity index (χ1v) is 7.13. The number of benzene rings is 1. The second kappa shape index (κ2) is 7.59. The summed E-state index contributed by atoms with van der Waals surface area (Å²) < 4.78 is 0. The van der Waals surface area contributed by atoms with Crippen LogP contribution < -0.4 is 5.32 Å². The Kier molecular flexibility index (Phi) is 6.10. The fourth-order valence-electron chi connectivity index (χ4n) is 1.96. The van der Waals surface area contributed by atoms with Crippen molar-refractivity contribution < 1.29 is 19.5 Å². The highest BCUT2D eigenvalue weighted by Gasteiger charge is 2.26. The first-order chi connectivity index (χ1) is 10.3. The summed E-state index contributed by atoms with van der Waals surface area (Å²) in [6.45, 7) is 3.63. The molecule has 6 heteroatoms. The van der Waals surface area contributed by atoms with E-state index < -0.39 is 17.9 Å². The predicted octanol–water partition coefficient (Wildman–Crippen LogP) is 1.62. The molecule has 0 radical (unpaired) electrons. The lowest BCUT2D eigenvalue weighted by Gasteiger charge is -2.20. The Labute approximate surface area is 130 Å². The summed E-state index contributed by atoms with van der Waals surface area (Å²) in [4.78, 5) is 36.8. The van der Waals surface area contributed by atoms with E-state index in [0.29, 0.717) is 12.0 Å². The molecule has 1 aromatic carbocycles. The maximum Gasteiger partial charge on any atom is 0.326 e. The Hall–Kier alpha value is -2.37. The average molecular weight is 306 g/mol. The molecule has 2 N–H and O–H groups in total. The quantitative estimate of drug-likeness (QED) is 0.836. The minimum atomic E-state index is -1.07. The first-order valence-electron chi connectivity index (χ1n) is 7.13. The number of carbonyl (C=O) groups excluding carboxylic acids is 2. The van der Waals surface area contributed by atoms with Crippen LogP contribution in [0.25, 0.3) is 0 Å². The van der Waals surface area contributed by atoms with E-state index in [9.17, 15) is 19.5 Å². The minimum Gasteiger partial charge on any atom is -0.480 e. The maximum absolute atomic E-state index is 12.2. The van der Waals surface area contributed by atoms with Crippen molar-refractivity contribution in [3.8, 4) is 0 Å². The molecule has 0 aliphatic carbocycles. The van der Waals surface area contributed by atoms with E-state index in [2.05, 4.69) is 5.32 Å². The van der Waals surface area contributed by atoms with Gasteiger partial charge in [0, 0.05) is 25.2 Å². The third-order valence-electron chi connectivity index (χ3n) is 3.54. The summed E-state index contributed by atoms with van der Waals surface area (Å²) in [5.74, 6) is -1.97. The molecule has 0 spiro atoms. The van der Waals surface area contributed by atoms with Gasteiger partial charge in [-0.25, -0.2) is 4.79 Å². The van der Waals surface area contributed by atoms with Crippen LogP contribution in [0.5, 0.6) is 0 Å². The largest absolute Gasteiger partial charge is 0.480 e. The summed E-state index contributed by atoms with van der Waals surface area (Å²) in [6.07, 6.45) is 0.635. The lowest BCUT2D eigenvalue weighted by atomic mass is 9.98. The Balaban J connectivity index is 2.96. The van der Waals surface area contributed by atoms with Crippen LogP contribution in [-0.2, 0) is 4.79 Å². The van der Waals surface area contributed by atoms with Gasteiger partial charge in [-0.3, -0.25) is 9.59 Å². The molecular formula is C16H22N2O4. The van der Waals surface area contributed by atoms with Crippen molar-refractivity contribution >= 4 is 17.8 Å². The van der Waals surface area contributed by atoms with E-state index in [4.69, 9.17) is 0 Å². The van der Waals surface area contributed by atoms with Crippen molar-refractivity contribution in [3.05, 3.63) is 35.4 Å². The van der Waals surface area contributed by atoms with Gasteiger partial charge in [0.25, 0.3) is 11.8 Å². The van der Waals surface area contributed by atoms with Gasteiger partial charge in [0.1, 0.15) is 6.04 Å². The number of hydrogen-bond donors (Lipinski definition) is 2. The predicted molar refractivity (Wildman–Crippen MR) is 82.8 cm³/mol. The van der Waals surface area contributed by atoms with E-state index in [1.54, 1.807) is 39.2 Å². The van der Waals surface area contributed by atoms with E-state index >= 15 is 0 Å². The molecule has 0 saturated heterocycles. The molecule has 1 rings (SSSR count). The molecule has 0 aliphatic rings. The summed E-state index contributed by atoms with van der Waals surface area (Å²) in [6, 6.07) is 5.28. The number of carboxylic acid groups (broad SMARTS) is 1. The van der Waals surface area contributed by atoms with Gasteiger partial charge in [-0.15, -0.1) is 0 Å². The van der Waals surface area contributed by atoms with Crippen LogP contribution in [0.4, 0.5) is 0 Å². The fraction of sp³-hybridized carbons (Fsp3) is 0.438. The SMILES string of the molecule is CCC(C)C(NC(=O)c1cccc(C(=O)N(C)C)c1)C(=O)O. The van der Waals surface area contributed by atoms with Crippen LogP contribution in [0.3, 0.4) is 0 Å². The first kappa shape index (κ1) is 17.7. The van der Waals surface area contributed by atoms with Gasteiger partial charge in [0.05, 0.1) is 0 Å². The molecule has 0 heterocycles. The molecule has 22 heavy (non-hydrogen) atoms. The van der Waals surface area contributed by atoms with E-state index in [-0.39, 0.29) is 17.4 Å². The zero-order chi connectivity index (χ0) is 16.9. The van der Waals surface area contributed by atoms with Crippen LogP contribution in [0.2, 0.25) is 0 Å². The van der Waals surface area contributed by atoms with Crippen molar-refractivity contribution in [1.29, 1.82) is 0 Å². The van der Waals surface area contributed by atoms with Gasteiger partial charge in [-0.05, 0) is 24.1 Å². The molecule has 120 valence electrons. The lowest BCUT2D eigenvalue weighted by molar-refractivity contribution is -0.140. The van der Waals surface area contributed by atoms with Gasteiger partial charge < -0.3 is 15.3 Å². The highest BCUT2D eigenvalue weighted by Crippen LogP contribution is 2.11. The third-order valence-corrected chi connectivity index (χ3v) is 3.54. The van der Waals surface area contributed by atoms with Crippen molar-refractivity contribution in [2.75, 3.05) is 14.1 Å². The summed E-state index contributed by atoms with van der Waals surface area (Å²) in [5, 5.41) is 11.7. The monoisotopic (exact) mass is 306 g/mol. The summed E-state index contributed by atoms with van der Waals surface area (Å²) in [7, 11) is 3.25. The number of rotatable bonds is 6. The molecule has 6 nitrogen and oxygen atoms in total. The number of aliphatic carboxylic acids is 1. The second-order valence-corrected chi connectivity index (χ2v) is 5.46. The fourth-order valence-corrected chi connectivity index (χ4v) is 1.96. The zero-order valence-electron chi connectivity index (χ0n) is 13.3. The molecule has 0 aliphatic heterocycles. The zero-order valence-corrected chi connectivity index (χ0v) is 13.3. The molecule has 2 atom stereocenters. The number of hydrogen-bond acceptors (Lipinski definition) is 3. The maximum atomic E-state index is 12.2. The Bertz CT molecular complexity index is 569. The number of amides is 2. The molecule has 2 unspecified atom stereocenters. The van der Waals surface area contributed by atoms with E-state index in [0.717, 1.165) is 0 Å². The van der Waals surface area contributed by atoms with Crippen molar-refractivity contribution in [1.82, 2.24) is 10.2 Å². The number of nitrogens with one attached hydrogen (secondary N) is 1. The summed E-state index contributed by atoms with van der Waals surface area (Å²) in [5.41, 5.74) is 0.648. The molecule has 0 saturated carbocycles. The average Bonchev–Trinajstić information content (AvgIpc) is 2.50. The van der Waals surface area contributed by atoms with Crippen LogP contribution >= 0.6 is 0 Å². The van der Waals surface area contributed by atoms with Gasteiger partial charge >= 0.3 is 5.97 Å². The van der Waals surface area contributed by atoms with Crippen LogP contribution in [-0.4, -0.2) is 47.9 Å².